The second-order valence-electron chi connectivity index (χ2n) is 17.9. The lowest BCUT2D eigenvalue weighted by molar-refractivity contribution is -0.302. The molecule has 0 aliphatic carbocycles. The van der Waals surface area contributed by atoms with Crippen molar-refractivity contribution in [3.63, 3.8) is 0 Å². The largest absolute Gasteiger partial charge is 0.394 e. The van der Waals surface area contributed by atoms with Crippen LogP contribution < -0.4 is 5.32 Å². The fraction of sp³-hybridized carbons (Fsp3) is 0.980. The van der Waals surface area contributed by atoms with Crippen LogP contribution in [0.4, 0.5) is 0 Å². The van der Waals surface area contributed by atoms with Crippen LogP contribution in [0.1, 0.15) is 258 Å². The predicted octanol–water partition coefficient (Wildman–Crippen LogP) is 12.2. The number of carbonyl (C=O) groups excluding carboxylic acids is 1. The number of hydrogen-bond donors (Lipinski definition) is 5. The summed E-state index contributed by atoms with van der Waals surface area (Å²) in [5.41, 5.74) is 0. The monoisotopic (exact) mass is 812 g/mol. The Bertz CT molecular complexity index is 845. The van der Waals surface area contributed by atoms with Crippen LogP contribution in [0.3, 0.4) is 0 Å². The second kappa shape index (κ2) is 40.6. The maximum atomic E-state index is 13.0. The molecule has 0 unspecified atom stereocenters. The van der Waals surface area contributed by atoms with E-state index in [1.807, 2.05) is 0 Å². The number of carbonyl (C=O) groups is 1. The molecule has 1 heterocycles. The summed E-state index contributed by atoms with van der Waals surface area (Å²) < 4.78 is 11.4. The van der Waals surface area contributed by atoms with Gasteiger partial charge >= 0.3 is 0 Å². The normalized spacial score (nSPS) is 20.3. The Balaban J connectivity index is 2.15. The van der Waals surface area contributed by atoms with Gasteiger partial charge in [-0.15, -0.1) is 0 Å². The average Bonchev–Trinajstić information content (AvgIpc) is 3.21. The van der Waals surface area contributed by atoms with E-state index in [0.717, 1.165) is 32.1 Å². The van der Waals surface area contributed by atoms with Crippen LogP contribution in [-0.4, -0.2) is 76.3 Å². The van der Waals surface area contributed by atoms with Crippen molar-refractivity contribution in [3.8, 4) is 0 Å². The van der Waals surface area contributed by atoms with Gasteiger partial charge in [-0.2, -0.15) is 0 Å². The first-order valence-corrected chi connectivity index (χ1v) is 25.2. The zero-order valence-corrected chi connectivity index (χ0v) is 37.8. The molecule has 57 heavy (non-hydrogen) atoms. The van der Waals surface area contributed by atoms with E-state index in [-0.39, 0.29) is 18.6 Å². The van der Waals surface area contributed by atoms with Crippen molar-refractivity contribution in [2.45, 2.75) is 295 Å². The van der Waals surface area contributed by atoms with E-state index in [1.165, 1.54) is 205 Å². The summed E-state index contributed by atoms with van der Waals surface area (Å²) in [6, 6.07) is -0.234. The number of aliphatic hydroxyl groups excluding tert-OH is 4. The van der Waals surface area contributed by atoms with E-state index in [2.05, 4.69) is 19.2 Å². The van der Waals surface area contributed by atoms with E-state index < -0.39 is 37.3 Å². The predicted molar refractivity (Wildman–Crippen MR) is 238 cm³/mol. The van der Waals surface area contributed by atoms with Crippen LogP contribution in [0.15, 0.2) is 0 Å². The molecule has 340 valence electrons. The van der Waals surface area contributed by atoms with Crippen molar-refractivity contribution in [2.75, 3.05) is 13.2 Å². The lowest BCUT2D eigenvalue weighted by Crippen LogP contribution is -2.59. The number of unbranched alkanes of at least 4 members (excludes halogenated alkanes) is 34. The minimum atomic E-state index is -1.48. The molecule has 8 heteroatoms. The molecule has 0 saturated carbocycles. The molecular formula is C49H97NO7. The minimum absolute atomic E-state index is 0.0237. The molecule has 5 N–H and O–H groups in total. The molecular weight excluding hydrogens is 715 g/mol. The molecule has 1 rings (SSSR count). The summed E-state index contributed by atoms with van der Waals surface area (Å²) in [4.78, 5) is 13.0. The lowest BCUT2D eigenvalue weighted by atomic mass is 9.99. The molecule has 8 nitrogen and oxygen atoms in total. The van der Waals surface area contributed by atoms with Crippen molar-refractivity contribution in [2.24, 2.45) is 0 Å². The van der Waals surface area contributed by atoms with Crippen LogP contribution in [0.2, 0.25) is 0 Å². The van der Waals surface area contributed by atoms with Crippen LogP contribution in [0.5, 0.6) is 0 Å². The smallest absolute Gasteiger partial charge is 0.220 e. The molecule has 0 spiro atoms. The Kier molecular flexibility index (Phi) is 38.7. The van der Waals surface area contributed by atoms with Gasteiger partial charge in [-0.3, -0.25) is 4.79 Å². The zero-order valence-electron chi connectivity index (χ0n) is 37.8. The Morgan fingerprint density at radius 1 is 0.491 bits per heavy atom. The maximum Gasteiger partial charge on any atom is 0.220 e. The number of amides is 1. The Morgan fingerprint density at radius 2 is 0.825 bits per heavy atom. The number of rotatable bonds is 43. The molecule has 1 fully saturated rings. The van der Waals surface area contributed by atoms with Crippen LogP contribution in [-0.2, 0) is 14.3 Å². The van der Waals surface area contributed by atoms with E-state index >= 15 is 0 Å². The van der Waals surface area contributed by atoms with Crippen molar-refractivity contribution in [1.82, 2.24) is 5.32 Å². The number of aliphatic hydroxyl groups is 4. The first-order valence-electron chi connectivity index (χ1n) is 25.2. The van der Waals surface area contributed by atoms with Crippen LogP contribution >= 0.6 is 0 Å². The van der Waals surface area contributed by atoms with Gasteiger partial charge in [0.15, 0.2) is 6.29 Å². The van der Waals surface area contributed by atoms with E-state index in [0.29, 0.717) is 6.42 Å². The van der Waals surface area contributed by atoms with Crippen molar-refractivity contribution >= 4 is 5.91 Å². The standard InChI is InChI=1S/C49H97NO7/c1-3-5-7-9-11-13-15-17-18-19-20-21-22-23-24-25-26-28-30-32-34-36-38-40-45(52)50-43(42-56-49-48(55)47(54)46(53)44(41-51)57-49)39-37-35-33-31-29-27-16-14-12-10-8-6-4-2/h43-44,46-49,51,53-55H,3-42H2,1-2H3,(H,50,52)/t43-,44+,46-,47-,48+,49-/m0/s1. The highest BCUT2D eigenvalue weighted by Gasteiger charge is 2.44. The molecule has 0 radical (unpaired) electrons. The number of hydrogen-bond acceptors (Lipinski definition) is 7. The quantitative estimate of drug-likeness (QED) is 0.0388. The fourth-order valence-electron chi connectivity index (χ4n) is 8.39. The molecule has 0 aromatic heterocycles. The van der Waals surface area contributed by atoms with Crippen molar-refractivity contribution < 1.29 is 34.7 Å². The summed E-state index contributed by atoms with van der Waals surface area (Å²) >= 11 is 0. The molecule has 1 aliphatic heterocycles. The van der Waals surface area contributed by atoms with Gasteiger partial charge in [0.2, 0.25) is 5.91 Å². The fourth-order valence-corrected chi connectivity index (χ4v) is 8.39. The summed E-state index contributed by atoms with van der Waals surface area (Å²) in [5, 5.41) is 43.4. The molecule has 1 amide bonds. The Hall–Kier alpha value is -0.770. The highest BCUT2D eigenvalue weighted by Crippen LogP contribution is 2.23. The number of nitrogens with one attached hydrogen (secondary N) is 1. The molecule has 0 aromatic rings. The van der Waals surface area contributed by atoms with Gasteiger partial charge < -0.3 is 35.2 Å². The first-order chi connectivity index (χ1) is 27.9. The summed E-state index contributed by atoms with van der Waals surface area (Å²) in [5.74, 6) is 0.0237. The van der Waals surface area contributed by atoms with Gasteiger partial charge in [-0.1, -0.05) is 239 Å². The summed E-state index contributed by atoms with van der Waals surface area (Å²) in [6.07, 6.45) is 42.4. The second-order valence-corrected chi connectivity index (χ2v) is 17.9. The molecule has 1 saturated heterocycles. The Morgan fingerprint density at radius 3 is 1.18 bits per heavy atom. The van der Waals surface area contributed by atoms with Crippen LogP contribution in [0.25, 0.3) is 0 Å². The zero-order chi connectivity index (χ0) is 41.4. The van der Waals surface area contributed by atoms with Gasteiger partial charge in [0.25, 0.3) is 0 Å². The van der Waals surface area contributed by atoms with Gasteiger partial charge in [-0.25, -0.2) is 0 Å². The molecule has 0 aromatic carbocycles. The summed E-state index contributed by atoms with van der Waals surface area (Å²) in [6.45, 7) is 4.19. The third-order valence-electron chi connectivity index (χ3n) is 12.3. The van der Waals surface area contributed by atoms with Gasteiger partial charge in [0.05, 0.1) is 19.3 Å². The molecule has 6 atom stereocenters. The van der Waals surface area contributed by atoms with E-state index in [9.17, 15) is 25.2 Å². The van der Waals surface area contributed by atoms with E-state index in [4.69, 9.17) is 9.47 Å². The lowest BCUT2D eigenvalue weighted by Gasteiger charge is -2.40. The number of ether oxygens (including phenoxy) is 2. The average molecular weight is 812 g/mol. The Labute approximate surface area is 352 Å². The van der Waals surface area contributed by atoms with Gasteiger partial charge in [0.1, 0.15) is 24.4 Å². The van der Waals surface area contributed by atoms with Crippen molar-refractivity contribution in [3.05, 3.63) is 0 Å². The maximum absolute atomic E-state index is 13.0. The van der Waals surface area contributed by atoms with Crippen molar-refractivity contribution in [1.29, 1.82) is 0 Å². The van der Waals surface area contributed by atoms with Gasteiger partial charge in [-0.05, 0) is 12.8 Å². The van der Waals surface area contributed by atoms with Gasteiger partial charge in [0, 0.05) is 6.42 Å². The highest BCUT2D eigenvalue weighted by atomic mass is 16.7. The molecule has 0 bridgehead atoms. The van der Waals surface area contributed by atoms with E-state index in [1.54, 1.807) is 0 Å². The third kappa shape index (κ3) is 31.7. The van der Waals surface area contributed by atoms with Crippen LogP contribution in [0, 0.1) is 0 Å². The highest BCUT2D eigenvalue weighted by molar-refractivity contribution is 5.76. The first kappa shape index (κ1) is 54.2. The molecule has 1 aliphatic rings. The minimum Gasteiger partial charge on any atom is -0.394 e. The third-order valence-corrected chi connectivity index (χ3v) is 12.3. The topological polar surface area (TPSA) is 128 Å². The summed E-state index contributed by atoms with van der Waals surface area (Å²) in [7, 11) is 0. The SMILES string of the molecule is CCCCCCCCCCCCCCCCCCCCCCCCCC(=O)N[C@@H](CCCCCCCCCCCCCCC)CO[C@H]1O[C@H](CO)[C@H](O)[C@H](O)[C@H]1O.